The number of thiophene rings is 1. The van der Waals surface area contributed by atoms with Gasteiger partial charge in [-0.15, -0.1) is 11.3 Å². The number of anilines is 2. The van der Waals surface area contributed by atoms with E-state index in [4.69, 9.17) is 0 Å². The molecular formula is C56H47NS. The van der Waals surface area contributed by atoms with Crippen molar-refractivity contribution in [2.24, 2.45) is 17.3 Å². The molecule has 58 heavy (non-hydrogen) atoms. The standard InChI is InChI=1S/C56H47NS/c1-55(2)46-22-8-3-17-39(46)41-30-28-36(34-48(41)55)38-16-5-10-24-50(38)57(37-29-31-42-40-18-4-9-23-47(40)56(49(42)35-37)32-13-14-33-56)51-25-11-6-19-43(51)44-21-15-27-53-54(44)45-20-7-12-26-52(45)58-53/h3-12,15-17,19-30,34-35,40,42H,13-14,18,31-33H2,1-2H3. The molecule has 0 bridgehead atoms. The lowest BCUT2D eigenvalue weighted by atomic mass is 9.74. The Morgan fingerprint density at radius 1 is 0.586 bits per heavy atom. The van der Waals surface area contributed by atoms with E-state index in [0.29, 0.717) is 11.8 Å². The SMILES string of the molecule is CC1(C)c2ccccc2-c2ccc(-c3ccccc3N(C3=CCC4C(=C3)C3(CCCC3)C3=CC=CCC34)c3ccccc3-c3cccc4sc5ccccc5c34)cc21. The highest BCUT2D eigenvalue weighted by Crippen LogP contribution is 2.65. The van der Waals surface area contributed by atoms with E-state index in [2.05, 4.69) is 183 Å². The number of rotatable bonds is 5. The fourth-order valence-corrected chi connectivity index (χ4v) is 13.2. The van der Waals surface area contributed by atoms with Crippen LogP contribution in [-0.2, 0) is 5.41 Å². The quantitative estimate of drug-likeness (QED) is 0.169. The predicted octanol–water partition coefficient (Wildman–Crippen LogP) is 15.7. The van der Waals surface area contributed by atoms with Gasteiger partial charge in [0.05, 0.1) is 11.4 Å². The lowest BCUT2D eigenvalue weighted by Gasteiger charge is -2.36. The smallest absolute Gasteiger partial charge is 0.0540 e. The molecule has 1 spiro atoms. The van der Waals surface area contributed by atoms with Gasteiger partial charge in [-0.1, -0.05) is 165 Å². The Morgan fingerprint density at radius 2 is 1.26 bits per heavy atom. The normalized spacial score (nSPS) is 20.7. The molecule has 0 amide bonds. The van der Waals surface area contributed by atoms with Gasteiger partial charge < -0.3 is 4.90 Å². The topological polar surface area (TPSA) is 3.24 Å². The molecule has 2 unspecified atom stereocenters. The predicted molar refractivity (Wildman–Crippen MR) is 247 cm³/mol. The molecule has 5 aliphatic carbocycles. The van der Waals surface area contributed by atoms with Gasteiger partial charge in [0, 0.05) is 47.8 Å². The Morgan fingerprint density at radius 3 is 2.12 bits per heavy atom. The second-order valence-electron chi connectivity index (χ2n) is 17.8. The van der Waals surface area contributed by atoms with Crippen LogP contribution in [-0.4, -0.2) is 0 Å². The molecule has 2 heteroatoms. The molecule has 2 saturated carbocycles. The Hall–Kier alpha value is -5.70. The largest absolute Gasteiger partial charge is 0.310 e. The molecule has 0 aliphatic heterocycles. The van der Waals surface area contributed by atoms with Gasteiger partial charge >= 0.3 is 0 Å². The van der Waals surface area contributed by atoms with E-state index in [0.717, 1.165) is 6.42 Å². The van der Waals surface area contributed by atoms with E-state index in [9.17, 15) is 0 Å². The van der Waals surface area contributed by atoms with E-state index >= 15 is 0 Å². The fourth-order valence-electron chi connectivity index (χ4n) is 12.1. The van der Waals surface area contributed by atoms with Crippen LogP contribution in [0.4, 0.5) is 11.4 Å². The third-order valence-corrected chi connectivity index (χ3v) is 15.8. The second-order valence-corrected chi connectivity index (χ2v) is 18.9. The summed E-state index contributed by atoms with van der Waals surface area (Å²) in [5.41, 5.74) is 17.9. The van der Waals surface area contributed by atoms with Crippen molar-refractivity contribution in [3.05, 3.63) is 192 Å². The van der Waals surface area contributed by atoms with Gasteiger partial charge in [0.2, 0.25) is 0 Å². The van der Waals surface area contributed by atoms with Gasteiger partial charge in [-0.25, -0.2) is 0 Å². The van der Waals surface area contributed by atoms with Gasteiger partial charge in [0.1, 0.15) is 0 Å². The lowest BCUT2D eigenvalue weighted by Crippen LogP contribution is -2.24. The number of fused-ring (bicyclic) bond motifs is 11. The Bertz CT molecular complexity index is 2960. The molecule has 2 atom stereocenters. The first kappa shape index (κ1) is 34.4. The van der Waals surface area contributed by atoms with E-state index in [1.807, 2.05) is 11.3 Å². The molecule has 282 valence electrons. The zero-order valence-electron chi connectivity index (χ0n) is 33.3. The molecule has 2 fully saturated rings. The monoisotopic (exact) mass is 765 g/mol. The van der Waals surface area contributed by atoms with Crippen LogP contribution < -0.4 is 4.90 Å². The summed E-state index contributed by atoms with van der Waals surface area (Å²) < 4.78 is 2.67. The molecule has 7 aromatic rings. The molecule has 0 N–H and O–H groups in total. The molecule has 1 heterocycles. The van der Waals surface area contributed by atoms with Crippen molar-refractivity contribution in [3.8, 4) is 33.4 Å². The molecule has 0 saturated heterocycles. The van der Waals surface area contributed by atoms with E-state index in [-0.39, 0.29) is 10.8 Å². The number of benzene rings is 6. The van der Waals surface area contributed by atoms with Crippen LogP contribution in [0, 0.1) is 17.3 Å². The van der Waals surface area contributed by atoms with Crippen molar-refractivity contribution in [2.45, 2.75) is 57.8 Å². The fraction of sp³-hybridized carbons (Fsp3) is 0.214. The summed E-state index contributed by atoms with van der Waals surface area (Å²) in [6, 6.07) is 50.5. The zero-order chi connectivity index (χ0) is 38.6. The van der Waals surface area contributed by atoms with Crippen molar-refractivity contribution < 1.29 is 0 Å². The van der Waals surface area contributed by atoms with Gasteiger partial charge in [0.15, 0.2) is 0 Å². The number of hydrogen-bond acceptors (Lipinski definition) is 2. The van der Waals surface area contributed by atoms with Gasteiger partial charge in [0.25, 0.3) is 0 Å². The Balaban J connectivity index is 1.09. The number of nitrogens with zero attached hydrogens (tertiary/aromatic N) is 1. The van der Waals surface area contributed by atoms with Gasteiger partial charge in [-0.2, -0.15) is 0 Å². The van der Waals surface area contributed by atoms with Crippen molar-refractivity contribution in [1.82, 2.24) is 0 Å². The minimum Gasteiger partial charge on any atom is -0.310 e. The van der Waals surface area contributed by atoms with E-state index in [1.54, 1.807) is 11.1 Å². The first-order chi connectivity index (χ1) is 28.5. The number of para-hydroxylation sites is 2. The van der Waals surface area contributed by atoms with Gasteiger partial charge in [-0.3, -0.25) is 0 Å². The summed E-state index contributed by atoms with van der Waals surface area (Å²) in [5.74, 6) is 1.21. The maximum atomic E-state index is 2.68. The zero-order valence-corrected chi connectivity index (χ0v) is 34.2. The lowest BCUT2D eigenvalue weighted by molar-refractivity contribution is 0.454. The third-order valence-electron chi connectivity index (χ3n) is 14.7. The van der Waals surface area contributed by atoms with Crippen LogP contribution in [0.25, 0.3) is 53.6 Å². The first-order valence-electron chi connectivity index (χ1n) is 21.4. The van der Waals surface area contributed by atoms with Crippen LogP contribution >= 0.6 is 11.3 Å². The number of allylic oxidation sites excluding steroid dienone is 7. The summed E-state index contributed by atoms with van der Waals surface area (Å²) in [6.45, 7) is 4.78. The Labute approximate surface area is 346 Å². The second kappa shape index (κ2) is 12.9. The molecule has 6 aromatic carbocycles. The first-order valence-corrected chi connectivity index (χ1v) is 22.3. The molecular weight excluding hydrogens is 719 g/mol. The van der Waals surface area contributed by atoms with Crippen molar-refractivity contribution in [2.75, 3.05) is 4.90 Å². The van der Waals surface area contributed by atoms with Crippen molar-refractivity contribution in [1.29, 1.82) is 0 Å². The van der Waals surface area contributed by atoms with Crippen molar-refractivity contribution in [3.63, 3.8) is 0 Å². The van der Waals surface area contributed by atoms with Gasteiger partial charge in [-0.05, 0) is 107 Å². The average Bonchev–Trinajstić information content (AvgIpc) is 4.03. The van der Waals surface area contributed by atoms with Crippen LogP contribution in [0.2, 0.25) is 0 Å². The number of hydrogen-bond donors (Lipinski definition) is 0. The summed E-state index contributed by atoms with van der Waals surface area (Å²) in [6.07, 6.45) is 20.0. The molecule has 12 rings (SSSR count). The summed E-state index contributed by atoms with van der Waals surface area (Å²) in [4.78, 5) is 2.64. The molecule has 0 radical (unpaired) electrons. The highest BCUT2D eigenvalue weighted by Gasteiger charge is 2.54. The average molecular weight is 766 g/mol. The summed E-state index contributed by atoms with van der Waals surface area (Å²) >= 11 is 1.90. The summed E-state index contributed by atoms with van der Waals surface area (Å²) in [7, 11) is 0. The molecule has 5 aliphatic rings. The third kappa shape index (κ3) is 4.88. The highest BCUT2D eigenvalue weighted by molar-refractivity contribution is 7.25. The maximum absolute atomic E-state index is 2.68. The van der Waals surface area contributed by atoms with Crippen molar-refractivity contribution >= 4 is 42.9 Å². The Kier molecular flexibility index (Phi) is 7.64. The molecule has 1 nitrogen and oxygen atoms in total. The van der Waals surface area contributed by atoms with E-state index in [1.165, 1.54) is 114 Å². The van der Waals surface area contributed by atoms with Crippen LogP contribution in [0.1, 0.15) is 63.5 Å². The highest BCUT2D eigenvalue weighted by atomic mass is 32.1. The van der Waals surface area contributed by atoms with E-state index < -0.39 is 0 Å². The molecule has 1 aromatic heterocycles. The minimum atomic E-state index is -0.0745. The maximum Gasteiger partial charge on any atom is 0.0540 e. The van der Waals surface area contributed by atoms with Crippen LogP contribution in [0.3, 0.4) is 0 Å². The van der Waals surface area contributed by atoms with Crippen LogP contribution in [0.5, 0.6) is 0 Å². The summed E-state index contributed by atoms with van der Waals surface area (Å²) in [5, 5.41) is 2.69. The van der Waals surface area contributed by atoms with Crippen LogP contribution in [0.15, 0.2) is 181 Å². The minimum absolute atomic E-state index is 0.0745.